The van der Waals surface area contributed by atoms with Gasteiger partial charge in [0.25, 0.3) is 5.91 Å². The molecule has 0 fully saturated rings. The molecule has 1 amide bonds. The van der Waals surface area contributed by atoms with Crippen molar-refractivity contribution in [3.63, 3.8) is 0 Å². The Bertz CT molecular complexity index is 1070. The Hall–Kier alpha value is -2.90. The number of halogens is 3. The molecule has 0 aliphatic carbocycles. The van der Waals surface area contributed by atoms with Gasteiger partial charge in [0.05, 0.1) is 13.3 Å². The van der Waals surface area contributed by atoms with E-state index in [1.807, 2.05) is 0 Å². The number of hydrazone groups is 1. The SMILES string of the molecule is COc1cc(/C=N\NC(=O)c2ccc(Cl)cc2)c(Br)cc1OCc1cccc(F)c1. The minimum absolute atomic E-state index is 0.186. The van der Waals surface area contributed by atoms with Crippen LogP contribution in [-0.4, -0.2) is 19.2 Å². The quantitative estimate of drug-likeness (QED) is 0.346. The van der Waals surface area contributed by atoms with Gasteiger partial charge in [0.1, 0.15) is 12.4 Å². The maximum Gasteiger partial charge on any atom is 0.271 e. The fourth-order valence-electron chi connectivity index (χ4n) is 2.54. The van der Waals surface area contributed by atoms with E-state index in [0.717, 1.165) is 0 Å². The molecule has 154 valence electrons. The molecule has 1 N–H and O–H groups in total. The van der Waals surface area contributed by atoms with Crippen molar-refractivity contribution >= 4 is 39.7 Å². The number of rotatable bonds is 7. The molecule has 0 aromatic heterocycles. The summed E-state index contributed by atoms with van der Waals surface area (Å²) < 4.78 is 25.1. The van der Waals surface area contributed by atoms with Crippen LogP contribution in [-0.2, 0) is 6.61 Å². The zero-order valence-electron chi connectivity index (χ0n) is 15.9. The molecule has 5 nitrogen and oxygen atoms in total. The van der Waals surface area contributed by atoms with Gasteiger partial charge < -0.3 is 9.47 Å². The van der Waals surface area contributed by atoms with Gasteiger partial charge in [-0.2, -0.15) is 5.10 Å². The third kappa shape index (κ3) is 5.81. The van der Waals surface area contributed by atoms with Crippen LogP contribution in [0.15, 0.2) is 70.2 Å². The Morgan fingerprint density at radius 1 is 1.17 bits per heavy atom. The average molecular weight is 492 g/mol. The van der Waals surface area contributed by atoms with Crippen molar-refractivity contribution in [3.05, 3.63) is 92.7 Å². The van der Waals surface area contributed by atoms with E-state index < -0.39 is 0 Å². The number of carbonyl (C=O) groups is 1. The number of ether oxygens (including phenoxy) is 2. The van der Waals surface area contributed by atoms with Crippen molar-refractivity contribution in [1.29, 1.82) is 0 Å². The van der Waals surface area contributed by atoms with Gasteiger partial charge in [-0.05, 0) is 70.0 Å². The van der Waals surface area contributed by atoms with Crippen LogP contribution in [0.3, 0.4) is 0 Å². The third-order valence-electron chi connectivity index (χ3n) is 4.04. The molecule has 0 radical (unpaired) electrons. The second-order valence-corrected chi connectivity index (χ2v) is 7.44. The van der Waals surface area contributed by atoms with Gasteiger partial charge in [-0.15, -0.1) is 0 Å². The number of nitrogens with one attached hydrogen (secondary N) is 1. The Morgan fingerprint density at radius 3 is 2.63 bits per heavy atom. The minimum Gasteiger partial charge on any atom is -0.493 e. The van der Waals surface area contributed by atoms with Crippen molar-refractivity contribution in [2.45, 2.75) is 6.61 Å². The van der Waals surface area contributed by atoms with Crippen LogP contribution in [0, 0.1) is 5.82 Å². The Labute approximate surface area is 186 Å². The molecule has 0 unspecified atom stereocenters. The summed E-state index contributed by atoms with van der Waals surface area (Å²) in [6.07, 6.45) is 1.48. The number of nitrogens with zero attached hydrogens (tertiary/aromatic N) is 1. The lowest BCUT2D eigenvalue weighted by molar-refractivity contribution is 0.0955. The van der Waals surface area contributed by atoms with Crippen LogP contribution in [0.1, 0.15) is 21.5 Å². The molecule has 0 saturated carbocycles. The van der Waals surface area contributed by atoms with E-state index in [0.29, 0.717) is 37.7 Å². The molecule has 0 saturated heterocycles. The van der Waals surface area contributed by atoms with Crippen LogP contribution < -0.4 is 14.9 Å². The number of carbonyl (C=O) groups excluding carboxylic acids is 1. The second kappa shape index (κ2) is 10.2. The fraction of sp³-hybridized carbons (Fsp3) is 0.0909. The number of benzene rings is 3. The van der Waals surface area contributed by atoms with Crippen molar-refractivity contribution in [3.8, 4) is 11.5 Å². The van der Waals surface area contributed by atoms with E-state index in [9.17, 15) is 9.18 Å². The molecule has 3 rings (SSSR count). The number of hydrogen-bond acceptors (Lipinski definition) is 4. The van der Waals surface area contributed by atoms with E-state index in [2.05, 4.69) is 26.5 Å². The van der Waals surface area contributed by atoms with Gasteiger partial charge in [-0.1, -0.05) is 23.7 Å². The Balaban J connectivity index is 1.69. The normalized spacial score (nSPS) is 10.8. The lowest BCUT2D eigenvalue weighted by atomic mass is 10.2. The van der Waals surface area contributed by atoms with E-state index in [-0.39, 0.29) is 18.3 Å². The first-order valence-corrected chi connectivity index (χ1v) is 9.97. The monoisotopic (exact) mass is 490 g/mol. The summed E-state index contributed by atoms with van der Waals surface area (Å²) >= 11 is 9.27. The number of amides is 1. The van der Waals surface area contributed by atoms with Gasteiger partial charge >= 0.3 is 0 Å². The van der Waals surface area contributed by atoms with E-state index in [1.54, 1.807) is 48.5 Å². The molecule has 0 heterocycles. The Morgan fingerprint density at radius 2 is 1.93 bits per heavy atom. The predicted molar refractivity (Wildman–Crippen MR) is 118 cm³/mol. The zero-order chi connectivity index (χ0) is 21.5. The van der Waals surface area contributed by atoms with Crippen LogP contribution in [0.2, 0.25) is 5.02 Å². The van der Waals surface area contributed by atoms with Crippen LogP contribution >= 0.6 is 27.5 Å². The van der Waals surface area contributed by atoms with Gasteiger partial charge in [-0.3, -0.25) is 4.79 Å². The predicted octanol–water partition coefficient (Wildman–Crippen LogP) is 5.59. The molecule has 0 bridgehead atoms. The number of methoxy groups -OCH3 is 1. The fourth-order valence-corrected chi connectivity index (χ4v) is 3.09. The molecule has 0 atom stereocenters. The maximum absolute atomic E-state index is 13.3. The molecule has 0 spiro atoms. The highest BCUT2D eigenvalue weighted by Gasteiger charge is 2.10. The minimum atomic E-state index is -0.360. The summed E-state index contributed by atoms with van der Waals surface area (Å²) in [5.74, 6) is 0.272. The lowest BCUT2D eigenvalue weighted by Crippen LogP contribution is -2.17. The highest BCUT2D eigenvalue weighted by Crippen LogP contribution is 2.33. The first-order chi connectivity index (χ1) is 14.5. The molecule has 3 aromatic carbocycles. The summed E-state index contributed by atoms with van der Waals surface area (Å²) in [7, 11) is 1.52. The van der Waals surface area contributed by atoms with Gasteiger partial charge in [-0.25, -0.2) is 9.82 Å². The molecular weight excluding hydrogens is 475 g/mol. The maximum atomic E-state index is 13.3. The highest BCUT2D eigenvalue weighted by molar-refractivity contribution is 9.10. The molecule has 0 aliphatic rings. The van der Waals surface area contributed by atoms with Crippen LogP contribution in [0.5, 0.6) is 11.5 Å². The largest absolute Gasteiger partial charge is 0.493 e. The molecule has 0 aliphatic heterocycles. The third-order valence-corrected chi connectivity index (χ3v) is 4.98. The highest BCUT2D eigenvalue weighted by atomic mass is 79.9. The average Bonchev–Trinajstić information content (AvgIpc) is 2.74. The Kier molecular flexibility index (Phi) is 7.43. The smallest absolute Gasteiger partial charge is 0.271 e. The summed E-state index contributed by atoms with van der Waals surface area (Å²) in [6.45, 7) is 0.186. The van der Waals surface area contributed by atoms with E-state index >= 15 is 0 Å². The van der Waals surface area contributed by atoms with Crippen molar-refractivity contribution < 1.29 is 18.7 Å². The van der Waals surface area contributed by atoms with Gasteiger partial charge in [0.15, 0.2) is 11.5 Å². The summed E-state index contributed by atoms with van der Waals surface area (Å²) in [5, 5.41) is 4.53. The first-order valence-electron chi connectivity index (χ1n) is 8.80. The molecule has 8 heteroatoms. The van der Waals surface area contributed by atoms with E-state index in [1.165, 1.54) is 25.5 Å². The van der Waals surface area contributed by atoms with E-state index in [4.69, 9.17) is 21.1 Å². The molecule has 3 aromatic rings. The second-order valence-electron chi connectivity index (χ2n) is 6.15. The van der Waals surface area contributed by atoms with Crippen LogP contribution in [0.25, 0.3) is 0 Å². The standard InChI is InChI=1S/C22H17BrClFN2O3/c1-29-20-10-16(12-26-27-22(28)15-5-7-17(24)8-6-15)19(23)11-21(20)30-13-14-3-2-4-18(25)9-14/h2-12H,13H2,1H3,(H,27,28)/b26-12-. The van der Waals surface area contributed by atoms with Gasteiger partial charge in [0, 0.05) is 20.6 Å². The summed E-state index contributed by atoms with van der Waals surface area (Å²) in [6, 6.07) is 16.1. The van der Waals surface area contributed by atoms with Crippen LogP contribution in [0.4, 0.5) is 4.39 Å². The molecule has 30 heavy (non-hydrogen) atoms. The zero-order valence-corrected chi connectivity index (χ0v) is 18.2. The molecular formula is C22H17BrClFN2O3. The van der Waals surface area contributed by atoms with Crippen molar-refractivity contribution in [2.24, 2.45) is 5.10 Å². The first kappa shape index (κ1) is 21.8. The van der Waals surface area contributed by atoms with Crippen molar-refractivity contribution in [2.75, 3.05) is 7.11 Å². The van der Waals surface area contributed by atoms with Gasteiger partial charge in [0.2, 0.25) is 0 Å². The number of hydrogen-bond donors (Lipinski definition) is 1. The summed E-state index contributed by atoms with van der Waals surface area (Å²) in [4.78, 5) is 12.1. The lowest BCUT2D eigenvalue weighted by Gasteiger charge is -2.13. The van der Waals surface area contributed by atoms with Crippen molar-refractivity contribution in [1.82, 2.24) is 5.43 Å². The summed E-state index contributed by atoms with van der Waals surface area (Å²) in [5.41, 5.74) is 4.26. The topological polar surface area (TPSA) is 59.9 Å².